The standard InChI is InChI=1S/C20H22F2N4O/c1-23-20(25-10-11-27-19-7-6-15(21)12-17(19)22)24-9-8-14-13-26-18-5-3-2-4-16(14)18/h2-7,12-13,26H,8-11H2,1H3,(H2,23,24,25). The summed E-state index contributed by atoms with van der Waals surface area (Å²) in [6.07, 6.45) is 2.87. The van der Waals surface area contributed by atoms with Gasteiger partial charge in [-0.05, 0) is 30.2 Å². The lowest BCUT2D eigenvalue weighted by Crippen LogP contribution is -2.40. The van der Waals surface area contributed by atoms with Gasteiger partial charge < -0.3 is 20.4 Å². The molecule has 1 heterocycles. The fraction of sp³-hybridized carbons (Fsp3) is 0.250. The second-order valence-electron chi connectivity index (χ2n) is 5.96. The SMILES string of the molecule is CN=C(NCCOc1ccc(F)cc1F)NCCc1c[nH]c2ccccc12. The van der Waals surface area contributed by atoms with Crippen LogP contribution in [0.25, 0.3) is 10.9 Å². The van der Waals surface area contributed by atoms with E-state index >= 15 is 0 Å². The highest BCUT2D eigenvalue weighted by atomic mass is 19.1. The quantitative estimate of drug-likeness (QED) is 0.339. The zero-order chi connectivity index (χ0) is 19.1. The highest BCUT2D eigenvalue weighted by Gasteiger charge is 2.06. The number of para-hydroxylation sites is 1. The van der Waals surface area contributed by atoms with Gasteiger partial charge in [-0.25, -0.2) is 8.78 Å². The van der Waals surface area contributed by atoms with Crippen molar-refractivity contribution < 1.29 is 13.5 Å². The fourth-order valence-electron chi connectivity index (χ4n) is 2.80. The monoisotopic (exact) mass is 372 g/mol. The molecule has 0 unspecified atom stereocenters. The van der Waals surface area contributed by atoms with E-state index in [2.05, 4.69) is 32.7 Å². The van der Waals surface area contributed by atoms with Gasteiger partial charge >= 0.3 is 0 Å². The number of halogens is 2. The Labute approximate surface area is 156 Å². The van der Waals surface area contributed by atoms with Crippen LogP contribution < -0.4 is 15.4 Å². The Hall–Kier alpha value is -3.09. The maximum absolute atomic E-state index is 13.5. The van der Waals surface area contributed by atoms with Gasteiger partial charge in [0.15, 0.2) is 17.5 Å². The molecule has 0 aliphatic carbocycles. The Kier molecular flexibility index (Phi) is 6.25. The normalized spacial score (nSPS) is 11.6. The van der Waals surface area contributed by atoms with E-state index in [4.69, 9.17) is 4.74 Å². The van der Waals surface area contributed by atoms with Crippen molar-refractivity contribution in [1.29, 1.82) is 0 Å². The van der Waals surface area contributed by atoms with Crippen molar-refractivity contribution >= 4 is 16.9 Å². The Balaban J connectivity index is 1.40. The maximum atomic E-state index is 13.5. The molecule has 2 aromatic carbocycles. The number of hydrogen-bond acceptors (Lipinski definition) is 2. The largest absolute Gasteiger partial charge is 0.489 e. The molecule has 3 N–H and O–H groups in total. The van der Waals surface area contributed by atoms with Gasteiger partial charge in [-0.1, -0.05) is 18.2 Å². The summed E-state index contributed by atoms with van der Waals surface area (Å²) in [5.41, 5.74) is 2.36. The van der Waals surface area contributed by atoms with Gasteiger partial charge in [-0.3, -0.25) is 4.99 Å². The lowest BCUT2D eigenvalue weighted by molar-refractivity contribution is 0.304. The molecule has 0 amide bonds. The average Bonchev–Trinajstić information content (AvgIpc) is 3.08. The number of fused-ring (bicyclic) bond motifs is 1. The van der Waals surface area contributed by atoms with E-state index in [1.165, 1.54) is 17.0 Å². The van der Waals surface area contributed by atoms with Crippen molar-refractivity contribution in [1.82, 2.24) is 15.6 Å². The van der Waals surface area contributed by atoms with Crippen molar-refractivity contribution in [3.8, 4) is 5.75 Å². The Morgan fingerprint density at radius 2 is 1.93 bits per heavy atom. The third-order valence-electron chi connectivity index (χ3n) is 4.13. The molecule has 0 aliphatic rings. The number of rotatable bonds is 7. The fourth-order valence-corrected chi connectivity index (χ4v) is 2.80. The van der Waals surface area contributed by atoms with Crippen LogP contribution in [0.1, 0.15) is 5.56 Å². The van der Waals surface area contributed by atoms with E-state index in [0.29, 0.717) is 12.5 Å². The van der Waals surface area contributed by atoms with Gasteiger partial charge in [0.1, 0.15) is 12.4 Å². The first-order chi connectivity index (χ1) is 13.2. The van der Waals surface area contributed by atoms with Crippen molar-refractivity contribution in [2.45, 2.75) is 6.42 Å². The third kappa shape index (κ3) is 4.97. The van der Waals surface area contributed by atoms with Crippen molar-refractivity contribution in [2.24, 2.45) is 4.99 Å². The van der Waals surface area contributed by atoms with E-state index in [1.54, 1.807) is 7.05 Å². The molecular formula is C20H22F2N4O. The summed E-state index contributed by atoms with van der Waals surface area (Å²) in [5.74, 6) is -0.674. The number of nitrogens with zero attached hydrogens (tertiary/aromatic N) is 1. The number of aliphatic imine (C=N–C) groups is 1. The summed E-state index contributed by atoms with van der Waals surface area (Å²) in [6, 6.07) is 11.4. The van der Waals surface area contributed by atoms with E-state index in [0.717, 1.165) is 30.6 Å². The van der Waals surface area contributed by atoms with Crippen LogP contribution in [0.4, 0.5) is 8.78 Å². The van der Waals surface area contributed by atoms with Crippen molar-refractivity contribution in [2.75, 3.05) is 26.7 Å². The molecule has 142 valence electrons. The third-order valence-corrected chi connectivity index (χ3v) is 4.13. The van der Waals surface area contributed by atoms with Crippen LogP contribution in [0.5, 0.6) is 5.75 Å². The van der Waals surface area contributed by atoms with Gasteiger partial charge in [0.25, 0.3) is 0 Å². The maximum Gasteiger partial charge on any atom is 0.191 e. The number of ether oxygens (including phenoxy) is 1. The zero-order valence-electron chi connectivity index (χ0n) is 15.1. The molecule has 27 heavy (non-hydrogen) atoms. The van der Waals surface area contributed by atoms with Crippen LogP contribution in [-0.4, -0.2) is 37.7 Å². The molecule has 0 fully saturated rings. The minimum atomic E-state index is -0.712. The number of aromatic nitrogens is 1. The summed E-state index contributed by atoms with van der Waals surface area (Å²) >= 11 is 0. The molecule has 1 aromatic heterocycles. The predicted molar refractivity (Wildman–Crippen MR) is 103 cm³/mol. The second kappa shape index (κ2) is 9.02. The minimum absolute atomic E-state index is 0.0282. The molecule has 0 spiro atoms. The predicted octanol–water partition coefficient (Wildman–Crippen LogP) is 3.23. The first-order valence-corrected chi connectivity index (χ1v) is 8.74. The lowest BCUT2D eigenvalue weighted by atomic mass is 10.1. The molecule has 5 nitrogen and oxygen atoms in total. The van der Waals surface area contributed by atoms with E-state index < -0.39 is 11.6 Å². The first kappa shape index (κ1) is 18.7. The number of guanidine groups is 1. The Bertz CT molecular complexity index is 923. The summed E-state index contributed by atoms with van der Waals surface area (Å²) in [7, 11) is 1.68. The van der Waals surface area contributed by atoms with E-state index in [-0.39, 0.29) is 12.4 Å². The number of benzene rings is 2. The second-order valence-corrected chi connectivity index (χ2v) is 5.96. The molecule has 0 aliphatic heterocycles. The van der Waals surface area contributed by atoms with Crippen LogP contribution in [0.2, 0.25) is 0 Å². The van der Waals surface area contributed by atoms with Crippen LogP contribution in [0.3, 0.4) is 0 Å². The summed E-state index contributed by atoms with van der Waals surface area (Å²) in [4.78, 5) is 7.41. The average molecular weight is 372 g/mol. The van der Waals surface area contributed by atoms with Gasteiger partial charge in [0.2, 0.25) is 0 Å². The smallest absolute Gasteiger partial charge is 0.191 e. The number of nitrogens with one attached hydrogen (secondary N) is 3. The molecular weight excluding hydrogens is 350 g/mol. The number of hydrogen-bond donors (Lipinski definition) is 3. The summed E-state index contributed by atoms with van der Waals surface area (Å²) in [5, 5.41) is 7.55. The van der Waals surface area contributed by atoms with Crippen LogP contribution >= 0.6 is 0 Å². The topological polar surface area (TPSA) is 61.4 Å². The highest BCUT2D eigenvalue weighted by molar-refractivity contribution is 5.83. The summed E-state index contributed by atoms with van der Waals surface area (Å²) in [6.45, 7) is 1.38. The van der Waals surface area contributed by atoms with Crippen LogP contribution in [-0.2, 0) is 6.42 Å². The molecule has 0 saturated heterocycles. The molecule has 0 radical (unpaired) electrons. The zero-order valence-corrected chi connectivity index (χ0v) is 15.1. The molecule has 3 aromatic rings. The molecule has 7 heteroatoms. The van der Waals surface area contributed by atoms with E-state index in [1.807, 2.05) is 18.3 Å². The highest BCUT2D eigenvalue weighted by Crippen LogP contribution is 2.18. The summed E-state index contributed by atoms with van der Waals surface area (Å²) < 4.78 is 31.7. The van der Waals surface area contributed by atoms with Crippen LogP contribution in [0, 0.1) is 11.6 Å². The molecule has 0 bridgehead atoms. The van der Waals surface area contributed by atoms with Crippen LogP contribution in [0.15, 0.2) is 53.7 Å². The lowest BCUT2D eigenvalue weighted by Gasteiger charge is -2.12. The van der Waals surface area contributed by atoms with Gasteiger partial charge in [0, 0.05) is 36.8 Å². The van der Waals surface area contributed by atoms with Gasteiger partial charge in [0.05, 0.1) is 6.54 Å². The Morgan fingerprint density at radius 1 is 1.11 bits per heavy atom. The van der Waals surface area contributed by atoms with Gasteiger partial charge in [-0.2, -0.15) is 0 Å². The van der Waals surface area contributed by atoms with Gasteiger partial charge in [-0.15, -0.1) is 0 Å². The number of H-pyrrole nitrogens is 1. The Morgan fingerprint density at radius 3 is 2.74 bits per heavy atom. The molecule has 0 saturated carbocycles. The van der Waals surface area contributed by atoms with Crippen molar-refractivity contribution in [3.05, 3.63) is 65.9 Å². The first-order valence-electron chi connectivity index (χ1n) is 8.74. The van der Waals surface area contributed by atoms with Crippen molar-refractivity contribution in [3.63, 3.8) is 0 Å². The van der Waals surface area contributed by atoms with E-state index in [9.17, 15) is 8.78 Å². The molecule has 3 rings (SSSR count). The molecule has 0 atom stereocenters. The number of aromatic amines is 1. The minimum Gasteiger partial charge on any atom is -0.489 e.